The molecule has 2 aromatic carbocycles. The Balaban J connectivity index is 2.07. The summed E-state index contributed by atoms with van der Waals surface area (Å²) in [5.41, 5.74) is 2.70. The van der Waals surface area contributed by atoms with Gasteiger partial charge in [0.15, 0.2) is 11.5 Å². The van der Waals surface area contributed by atoms with Crippen molar-refractivity contribution in [1.82, 2.24) is 0 Å². The van der Waals surface area contributed by atoms with Gasteiger partial charge in [-0.15, -0.1) is 0 Å². The third-order valence-electron chi connectivity index (χ3n) is 3.27. The van der Waals surface area contributed by atoms with Gasteiger partial charge in [0.2, 0.25) is 5.91 Å². The van der Waals surface area contributed by atoms with Crippen molar-refractivity contribution in [3.05, 3.63) is 58.1 Å². The lowest BCUT2D eigenvalue weighted by Crippen LogP contribution is -2.07. The van der Waals surface area contributed by atoms with Gasteiger partial charge >= 0.3 is 0 Å². The molecule has 0 aliphatic rings. The van der Waals surface area contributed by atoms with E-state index in [-0.39, 0.29) is 5.91 Å². The molecule has 120 valence electrons. The molecule has 0 aliphatic heterocycles. The van der Waals surface area contributed by atoms with E-state index < -0.39 is 0 Å². The van der Waals surface area contributed by atoms with E-state index in [1.807, 2.05) is 37.3 Å². The average molecular weight is 376 g/mol. The summed E-state index contributed by atoms with van der Waals surface area (Å²) in [7, 11) is 3.16. The highest BCUT2D eigenvalue weighted by molar-refractivity contribution is 9.10. The summed E-state index contributed by atoms with van der Waals surface area (Å²) in [6.07, 6.45) is 3.20. The van der Waals surface area contributed by atoms with E-state index in [4.69, 9.17) is 9.47 Å². The molecular formula is C18H18BrNO3. The SMILES string of the molecule is COc1ccc(/C=C/C(=O)Nc2ccc(C)c(Br)c2)cc1OC. The van der Waals surface area contributed by atoms with Crippen LogP contribution in [0.1, 0.15) is 11.1 Å². The van der Waals surface area contributed by atoms with E-state index >= 15 is 0 Å². The molecule has 2 rings (SSSR count). The molecule has 23 heavy (non-hydrogen) atoms. The molecule has 0 aliphatic carbocycles. The monoisotopic (exact) mass is 375 g/mol. The number of halogens is 1. The van der Waals surface area contributed by atoms with Crippen molar-refractivity contribution in [2.45, 2.75) is 6.92 Å². The van der Waals surface area contributed by atoms with Gasteiger partial charge in [-0.25, -0.2) is 0 Å². The van der Waals surface area contributed by atoms with Crippen molar-refractivity contribution in [3.63, 3.8) is 0 Å². The summed E-state index contributed by atoms with van der Waals surface area (Å²) < 4.78 is 11.4. The number of benzene rings is 2. The molecule has 0 unspecified atom stereocenters. The minimum absolute atomic E-state index is 0.199. The van der Waals surface area contributed by atoms with Gasteiger partial charge in [-0.05, 0) is 48.4 Å². The van der Waals surface area contributed by atoms with E-state index in [0.29, 0.717) is 11.5 Å². The molecule has 0 saturated carbocycles. The summed E-state index contributed by atoms with van der Waals surface area (Å²) in [5.74, 6) is 1.08. The lowest BCUT2D eigenvalue weighted by molar-refractivity contribution is -0.111. The zero-order valence-corrected chi connectivity index (χ0v) is 14.8. The number of methoxy groups -OCH3 is 2. The molecular weight excluding hydrogens is 358 g/mol. The van der Waals surface area contributed by atoms with Gasteiger partial charge in [0.1, 0.15) is 0 Å². The highest BCUT2D eigenvalue weighted by Crippen LogP contribution is 2.28. The quantitative estimate of drug-likeness (QED) is 0.786. The molecule has 2 aromatic rings. The number of amides is 1. The maximum Gasteiger partial charge on any atom is 0.248 e. The second-order valence-corrected chi connectivity index (χ2v) is 5.76. The number of hydrogen-bond acceptors (Lipinski definition) is 3. The van der Waals surface area contributed by atoms with Crippen molar-refractivity contribution in [2.75, 3.05) is 19.5 Å². The van der Waals surface area contributed by atoms with Gasteiger partial charge < -0.3 is 14.8 Å². The Labute approximate surface area is 144 Å². The number of ether oxygens (including phenoxy) is 2. The number of aryl methyl sites for hydroxylation is 1. The van der Waals surface area contributed by atoms with Crippen molar-refractivity contribution < 1.29 is 14.3 Å². The second kappa shape index (κ2) is 7.83. The van der Waals surface area contributed by atoms with Crippen LogP contribution in [0.5, 0.6) is 11.5 Å². The van der Waals surface area contributed by atoms with Crippen LogP contribution in [0.3, 0.4) is 0 Å². The average Bonchev–Trinajstić information content (AvgIpc) is 2.56. The first kappa shape index (κ1) is 17.1. The van der Waals surface area contributed by atoms with Crippen molar-refractivity contribution in [1.29, 1.82) is 0 Å². The minimum atomic E-state index is -0.199. The smallest absolute Gasteiger partial charge is 0.248 e. The maximum atomic E-state index is 12.0. The van der Waals surface area contributed by atoms with Crippen LogP contribution in [0, 0.1) is 6.92 Å². The zero-order chi connectivity index (χ0) is 16.8. The molecule has 0 atom stereocenters. The normalized spacial score (nSPS) is 10.6. The maximum absolute atomic E-state index is 12.0. The third-order valence-corrected chi connectivity index (χ3v) is 4.13. The van der Waals surface area contributed by atoms with Crippen LogP contribution in [0.2, 0.25) is 0 Å². The van der Waals surface area contributed by atoms with Gasteiger partial charge in [-0.3, -0.25) is 4.79 Å². The standard InChI is InChI=1S/C18H18BrNO3/c1-12-4-7-14(11-15(12)19)20-18(21)9-6-13-5-8-16(22-2)17(10-13)23-3/h4-11H,1-3H3,(H,20,21)/b9-6+. The minimum Gasteiger partial charge on any atom is -0.493 e. The molecule has 0 aromatic heterocycles. The highest BCUT2D eigenvalue weighted by atomic mass is 79.9. The van der Waals surface area contributed by atoms with Gasteiger partial charge in [0.25, 0.3) is 0 Å². The van der Waals surface area contributed by atoms with Crippen LogP contribution < -0.4 is 14.8 Å². The summed E-state index contributed by atoms with van der Waals surface area (Å²) in [4.78, 5) is 12.0. The Kier molecular flexibility index (Phi) is 5.82. The Hall–Kier alpha value is -2.27. The van der Waals surface area contributed by atoms with Crippen molar-refractivity contribution in [2.24, 2.45) is 0 Å². The van der Waals surface area contributed by atoms with E-state index in [0.717, 1.165) is 21.3 Å². The lowest BCUT2D eigenvalue weighted by atomic mass is 10.2. The third kappa shape index (κ3) is 4.60. The van der Waals surface area contributed by atoms with E-state index in [1.165, 1.54) is 6.08 Å². The number of anilines is 1. The van der Waals surface area contributed by atoms with Crippen LogP contribution in [0.25, 0.3) is 6.08 Å². The van der Waals surface area contributed by atoms with E-state index in [9.17, 15) is 4.79 Å². The number of rotatable bonds is 5. The number of carbonyl (C=O) groups excluding carboxylic acids is 1. The molecule has 1 amide bonds. The molecule has 0 bridgehead atoms. The zero-order valence-electron chi connectivity index (χ0n) is 13.2. The fourth-order valence-corrected chi connectivity index (χ4v) is 2.36. The van der Waals surface area contributed by atoms with Crippen LogP contribution in [-0.2, 0) is 4.79 Å². The first-order valence-electron chi connectivity index (χ1n) is 7.00. The van der Waals surface area contributed by atoms with E-state index in [2.05, 4.69) is 21.2 Å². The van der Waals surface area contributed by atoms with Crippen LogP contribution in [0.15, 0.2) is 46.9 Å². The molecule has 4 nitrogen and oxygen atoms in total. The highest BCUT2D eigenvalue weighted by Gasteiger charge is 2.04. The van der Waals surface area contributed by atoms with Crippen molar-refractivity contribution in [3.8, 4) is 11.5 Å². The molecule has 0 heterocycles. The topological polar surface area (TPSA) is 47.6 Å². The molecule has 0 saturated heterocycles. The van der Waals surface area contributed by atoms with Crippen LogP contribution >= 0.6 is 15.9 Å². The Bertz CT molecular complexity index is 741. The first-order chi connectivity index (χ1) is 11.0. The molecule has 0 spiro atoms. The van der Waals surface area contributed by atoms with Crippen LogP contribution in [0.4, 0.5) is 5.69 Å². The van der Waals surface area contributed by atoms with Gasteiger partial charge in [-0.1, -0.05) is 28.1 Å². The Morgan fingerprint density at radius 2 is 1.83 bits per heavy atom. The summed E-state index contributed by atoms with van der Waals surface area (Å²) >= 11 is 3.45. The second-order valence-electron chi connectivity index (χ2n) is 4.90. The van der Waals surface area contributed by atoms with Crippen molar-refractivity contribution >= 4 is 33.6 Å². The van der Waals surface area contributed by atoms with Crippen LogP contribution in [-0.4, -0.2) is 20.1 Å². The van der Waals surface area contributed by atoms with Gasteiger partial charge in [-0.2, -0.15) is 0 Å². The number of carbonyl (C=O) groups is 1. The Morgan fingerprint density at radius 3 is 2.48 bits per heavy atom. The molecule has 0 fully saturated rings. The molecule has 5 heteroatoms. The number of hydrogen-bond donors (Lipinski definition) is 1. The summed E-state index contributed by atoms with van der Waals surface area (Å²) in [5, 5.41) is 2.82. The Morgan fingerprint density at radius 1 is 1.09 bits per heavy atom. The molecule has 0 radical (unpaired) electrons. The van der Waals surface area contributed by atoms with Gasteiger partial charge in [0.05, 0.1) is 14.2 Å². The fourth-order valence-electron chi connectivity index (χ4n) is 1.98. The fraction of sp³-hybridized carbons (Fsp3) is 0.167. The molecule has 1 N–H and O–H groups in total. The van der Waals surface area contributed by atoms with E-state index in [1.54, 1.807) is 26.4 Å². The predicted octanol–water partition coefficient (Wildman–Crippen LogP) is 4.43. The summed E-state index contributed by atoms with van der Waals surface area (Å²) in [6, 6.07) is 11.1. The summed E-state index contributed by atoms with van der Waals surface area (Å²) in [6.45, 7) is 1.99. The lowest BCUT2D eigenvalue weighted by Gasteiger charge is -2.07. The first-order valence-corrected chi connectivity index (χ1v) is 7.80. The van der Waals surface area contributed by atoms with Gasteiger partial charge in [0, 0.05) is 16.2 Å². The predicted molar refractivity (Wildman–Crippen MR) is 96.1 cm³/mol. The largest absolute Gasteiger partial charge is 0.493 e. The number of nitrogens with one attached hydrogen (secondary N) is 1.